The molecule has 4 nitrogen and oxygen atoms in total. The molecule has 0 aliphatic carbocycles. The Morgan fingerprint density at radius 3 is 1.18 bits per heavy atom. The number of hydrogen-bond acceptors (Lipinski definition) is 6. The minimum Gasteiger partial charge on any atom is -0.223 e. The van der Waals surface area contributed by atoms with Gasteiger partial charge in [0.25, 0.3) is 0 Å². The zero-order valence-corrected chi connectivity index (χ0v) is 17.9. The van der Waals surface area contributed by atoms with Gasteiger partial charge in [-0.05, 0) is 0 Å². The Morgan fingerprint density at radius 2 is 1.00 bits per heavy atom. The third kappa shape index (κ3) is 7.27. The summed E-state index contributed by atoms with van der Waals surface area (Å²) >= 11 is 2.61. The molecule has 0 amide bonds. The molecule has 0 saturated heterocycles. The highest BCUT2D eigenvalue weighted by Crippen LogP contribution is 2.47. The van der Waals surface area contributed by atoms with E-state index in [0.29, 0.717) is 4.24 Å². The van der Waals surface area contributed by atoms with Crippen molar-refractivity contribution < 1.29 is 16.8 Å². The molecule has 0 radical (unpaired) electrons. The zero-order chi connectivity index (χ0) is 18.0. The van der Waals surface area contributed by atoms with Crippen molar-refractivity contribution in [1.82, 2.24) is 0 Å². The van der Waals surface area contributed by atoms with Crippen LogP contribution >= 0.6 is 23.5 Å². The molecule has 0 unspecified atom stereocenters. The predicted octanol–water partition coefficient (Wildman–Crippen LogP) is 4.05. The second-order valence-corrected chi connectivity index (χ2v) is 15.4. The molecule has 22 heavy (non-hydrogen) atoms. The van der Waals surface area contributed by atoms with Crippen LogP contribution in [0.15, 0.2) is 8.47 Å². The van der Waals surface area contributed by atoms with Gasteiger partial charge in [0, 0.05) is 9.49 Å². The average molecular weight is 389 g/mol. The molecule has 0 aliphatic heterocycles. The fourth-order valence-electron chi connectivity index (χ4n) is 1.37. The molecule has 0 fully saturated rings. The summed E-state index contributed by atoms with van der Waals surface area (Å²) in [5.41, 5.74) is 0. The highest BCUT2D eigenvalue weighted by molar-refractivity contribution is 8.26. The van der Waals surface area contributed by atoms with Crippen molar-refractivity contribution in [2.75, 3.05) is 11.5 Å². The summed E-state index contributed by atoms with van der Waals surface area (Å²) in [6, 6.07) is 0. The maximum absolute atomic E-state index is 12.5. The molecule has 0 saturated carbocycles. The highest BCUT2D eigenvalue weighted by Gasteiger charge is 2.35. The largest absolute Gasteiger partial charge is 0.223 e. The Labute approximate surface area is 144 Å². The highest BCUT2D eigenvalue weighted by atomic mass is 32.3. The van der Waals surface area contributed by atoms with Gasteiger partial charge in [0.2, 0.25) is 0 Å². The minimum atomic E-state index is -3.82. The van der Waals surface area contributed by atoms with Crippen LogP contribution in [0.1, 0.15) is 55.4 Å². The molecule has 0 bridgehead atoms. The van der Waals surface area contributed by atoms with Crippen molar-refractivity contribution in [3.05, 3.63) is 8.47 Å². The summed E-state index contributed by atoms with van der Waals surface area (Å²) in [7, 11) is -7.65. The smallest absolute Gasteiger partial charge is 0.190 e. The van der Waals surface area contributed by atoms with Gasteiger partial charge in [-0.15, -0.1) is 23.5 Å². The van der Waals surface area contributed by atoms with Crippen LogP contribution < -0.4 is 0 Å². The first-order valence-corrected chi connectivity index (χ1v) is 12.1. The molecule has 0 spiro atoms. The van der Waals surface area contributed by atoms with Crippen LogP contribution in [-0.2, 0) is 19.7 Å². The maximum atomic E-state index is 12.5. The van der Waals surface area contributed by atoms with Gasteiger partial charge in [-0.25, -0.2) is 16.8 Å². The first-order valence-electron chi connectivity index (χ1n) is 7.13. The van der Waals surface area contributed by atoms with E-state index in [1.54, 1.807) is 0 Å². The van der Waals surface area contributed by atoms with Crippen LogP contribution in [0.2, 0.25) is 0 Å². The van der Waals surface area contributed by atoms with Crippen LogP contribution in [0.5, 0.6) is 0 Å². The summed E-state index contributed by atoms with van der Waals surface area (Å²) < 4.78 is 49.2. The fourth-order valence-corrected chi connectivity index (χ4v) is 9.63. The van der Waals surface area contributed by atoms with Crippen LogP contribution in [0.3, 0.4) is 0 Å². The van der Waals surface area contributed by atoms with Gasteiger partial charge in [0.1, 0.15) is 0 Å². The van der Waals surface area contributed by atoms with Crippen molar-refractivity contribution in [1.29, 1.82) is 0 Å². The van der Waals surface area contributed by atoms with Crippen molar-refractivity contribution >= 4 is 43.2 Å². The molecule has 0 heterocycles. The quantitative estimate of drug-likeness (QED) is 0.684. The molecule has 0 aliphatic rings. The van der Waals surface area contributed by atoms with Crippen LogP contribution in [0.4, 0.5) is 0 Å². The van der Waals surface area contributed by atoms with Crippen molar-refractivity contribution in [3.8, 4) is 0 Å². The van der Waals surface area contributed by atoms with Crippen LogP contribution in [0.25, 0.3) is 0 Å². The van der Waals surface area contributed by atoms with E-state index in [-0.39, 0.29) is 21.0 Å². The van der Waals surface area contributed by atoms with Crippen LogP contribution in [-0.4, -0.2) is 37.8 Å². The van der Waals surface area contributed by atoms with Crippen molar-refractivity contribution in [2.24, 2.45) is 0 Å². The lowest BCUT2D eigenvalue weighted by atomic mass is 10.3. The van der Waals surface area contributed by atoms with E-state index in [2.05, 4.69) is 0 Å². The number of sulfone groups is 2. The monoisotopic (exact) mass is 388 g/mol. The molecule has 0 aromatic heterocycles. The number of thioether (sulfide) groups is 2. The summed E-state index contributed by atoms with van der Waals surface area (Å²) in [5.74, 6) is -0.444. The van der Waals surface area contributed by atoms with E-state index in [9.17, 15) is 16.8 Å². The van der Waals surface area contributed by atoms with Crippen LogP contribution in [0, 0.1) is 0 Å². The van der Waals surface area contributed by atoms with E-state index >= 15 is 0 Å². The van der Waals surface area contributed by atoms with E-state index in [0.717, 1.165) is 0 Å². The summed E-state index contributed by atoms with van der Waals surface area (Å²) in [4.78, 5) is 0. The first kappa shape index (κ1) is 22.3. The molecule has 0 aromatic carbocycles. The van der Waals surface area contributed by atoms with Crippen molar-refractivity contribution in [2.45, 2.75) is 64.9 Å². The Balaban J connectivity index is 6.59. The summed E-state index contributed by atoms with van der Waals surface area (Å²) in [6.45, 7) is 14.6. The Kier molecular flexibility index (Phi) is 7.60. The van der Waals surface area contributed by atoms with E-state index in [4.69, 9.17) is 0 Å². The molecular formula is C14H28O4S4. The molecule has 0 rings (SSSR count). The summed E-state index contributed by atoms with van der Waals surface area (Å²) in [5, 5.41) is 0. The number of hydrogen-bond donors (Lipinski definition) is 0. The zero-order valence-electron chi connectivity index (χ0n) is 14.7. The van der Waals surface area contributed by atoms with E-state index < -0.39 is 23.9 Å². The standard InChI is InChI=1S/C14H28O4S4/c1-9-21(15,16)12(22(17,18)10-2)11(19-13(3,4)5)20-14(6,7)8/h9-10H2,1-8H3. The molecule has 0 aromatic rings. The maximum Gasteiger partial charge on any atom is 0.190 e. The SMILES string of the molecule is CCS(=O)(=O)C(=C(SC(C)(C)C)SC(C)(C)C)S(=O)(=O)CC. The summed E-state index contributed by atoms with van der Waals surface area (Å²) in [6.07, 6.45) is 0. The van der Waals surface area contributed by atoms with Gasteiger partial charge in [-0.1, -0.05) is 55.4 Å². The molecule has 132 valence electrons. The predicted molar refractivity (Wildman–Crippen MR) is 101 cm³/mol. The first-order chi connectivity index (χ1) is 9.56. The van der Waals surface area contributed by atoms with Crippen molar-refractivity contribution in [3.63, 3.8) is 0 Å². The van der Waals surface area contributed by atoms with Gasteiger partial charge < -0.3 is 0 Å². The fraction of sp³-hybridized carbons (Fsp3) is 0.857. The van der Waals surface area contributed by atoms with Gasteiger partial charge >= 0.3 is 0 Å². The molecule has 0 atom stereocenters. The van der Waals surface area contributed by atoms with E-state index in [1.165, 1.54) is 37.4 Å². The average Bonchev–Trinajstić information content (AvgIpc) is 2.23. The van der Waals surface area contributed by atoms with Gasteiger partial charge in [-0.3, -0.25) is 0 Å². The van der Waals surface area contributed by atoms with Gasteiger partial charge in [0.15, 0.2) is 23.9 Å². The molecular weight excluding hydrogens is 360 g/mol. The number of rotatable bonds is 6. The lowest BCUT2D eigenvalue weighted by Gasteiger charge is -2.26. The normalized spacial score (nSPS) is 14.0. The third-order valence-electron chi connectivity index (χ3n) is 2.29. The molecule has 0 N–H and O–H groups in total. The topological polar surface area (TPSA) is 68.3 Å². The Hall–Kier alpha value is 0.340. The Bertz CT molecular complexity index is 561. The van der Waals surface area contributed by atoms with Gasteiger partial charge in [-0.2, -0.15) is 0 Å². The lowest BCUT2D eigenvalue weighted by Crippen LogP contribution is -2.21. The second-order valence-electron chi connectivity index (χ2n) is 6.81. The van der Waals surface area contributed by atoms with Gasteiger partial charge in [0.05, 0.1) is 15.7 Å². The molecule has 8 heteroatoms. The minimum absolute atomic E-state index is 0.222. The second kappa shape index (κ2) is 7.49. The Morgan fingerprint density at radius 1 is 0.727 bits per heavy atom. The third-order valence-corrected chi connectivity index (χ3v) is 9.89. The lowest BCUT2D eigenvalue weighted by molar-refractivity contribution is 0.596. The van der Waals surface area contributed by atoms with E-state index in [1.807, 2.05) is 41.5 Å².